The number of nitrogens with zero attached hydrogens (tertiary/aromatic N) is 1. The molecule has 0 radical (unpaired) electrons. The molecule has 0 saturated heterocycles. The lowest BCUT2D eigenvalue weighted by atomic mass is 9.85. The molecule has 0 aliphatic heterocycles. The van der Waals surface area contributed by atoms with E-state index in [1.54, 1.807) is 6.07 Å². The molecule has 1 aromatic rings. The van der Waals surface area contributed by atoms with Gasteiger partial charge in [-0.05, 0) is 18.9 Å². The van der Waals surface area contributed by atoms with Crippen LogP contribution in [-0.2, 0) is 0 Å². The summed E-state index contributed by atoms with van der Waals surface area (Å²) < 4.78 is 0. The maximum atomic E-state index is 12.1. The van der Waals surface area contributed by atoms with Crippen LogP contribution >= 0.6 is 23.2 Å². The third kappa shape index (κ3) is 2.55. The van der Waals surface area contributed by atoms with Gasteiger partial charge in [-0.3, -0.25) is 4.79 Å². The first kappa shape index (κ1) is 11.9. The van der Waals surface area contributed by atoms with Crippen LogP contribution < -0.4 is 0 Å². The molecule has 86 valence electrons. The van der Waals surface area contributed by atoms with E-state index >= 15 is 0 Å². The molecule has 0 spiro atoms. The predicted octanol–water partition coefficient (Wildman–Crippen LogP) is 4.15. The second kappa shape index (κ2) is 5.15. The summed E-state index contributed by atoms with van der Waals surface area (Å²) in [5, 5.41) is 0.827. The van der Waals surface area contributed by atoms with Gasteiger partial charge in [-0.1, -0.05) is 42.5 Å². The third-order valence-corrected chi connectivity index (χ3v) is 3.51. The Kier molecular flexibility index (Phi) is 3.82. The van der Waals surface area contributed by atoms with Gasteiger partial charge in [-0.2, -0.15) is 0 Å². The molecular weight excluding hydrogens is 245 g/mol. The molecule has 0 unspecified atom stereocenters. The first-order valence-corrected chi connectivity index (χ1v) is 6.29. The van der Waals surface area contributed by atoms with Gasteiger partial charge in [0.15, 0.2) is 5.78 Å². The number of ketones is 1. The van der Waals surface area contributed by atoms with E-state index in [1.165, 1.54) is 12.6 Å². The fraction of sp³-hybridized carbons (Fsp3) is 0.500. The van der Waals surface area contributed by atoms with Crippen molar-refractivity contribution < 1.29 is 4.79 Å². The van der Waals surface area contributed by atoms with Gasteiger partial charge in [0, 0.05) is 12.1 Å². The quantitative estimate of drug-likeness (QED) is 0.746. The molecule has 16 heavy (non-hydrogen) atoms. The van der Waals surface area contributed by atoms with Gasteiger partial charge >= 0.3 is 0 Å². The number of halogens is 2. The zero-order valence-electron chi connectivity index (χ0n) is 8.88. The van der Waals surface area contributed by atoms with Crippen molar-refractivity contribution in [2.45, 2.75) is 32.1 Å². The summed E-state index contributed by atoms with van der Waals surface area (Å²) in [5.41, 5.74) is 0.373. The number of hydrogen-bond acceptors (Lipinski definition) is 2. The van der Waals surface area contributed by atoms with E-state index in [-0.39, 0.29) is 11.7 Å². The smallest absolute Gasteiger partial charge is 0.185 e. The van der Waals surface area contributed by atoms with Crippen LogP contribution in [0.1, 0.15) is 42.6 Å². The van der Waals surface area contributed by atoms with Gasteiger partial charge in [0.05, 0.1) is 10.0 Å². The fourth-order valence-corrected chi connectivity index (χ4v) is 2.63. The Labute approximate surface area is 105 Å². The van der Waals surface area contributed by atoms with Crippen LogP contribution in [0.2, 0.25) is 10.0 Å². The van der Waals surface area contributed by atoms with Crippen LogP contribution in [0.25, 0.3) is 0 Å². The second-order valence-corrected chi connectivity index (χ2v) is 5.03. The van der Waals surface area contributed by atoms with Crippen LogP contribution in [0.4, 0.5) is 0 Å². The highest BCUT2D eigenvalue weighted by Crippen LogP contribution is 2.29. The molecule has 0 aromatic carbocycles. The van der Waals surface area contributed by atoms with Gasteiger partial charge in [0.25, 0.3) is 0 Å². The van der Waals surface area contributed by atoms with Gasteiger partial charge in [-0.25, -0.2) is 4.98 Å². The van der Waals surface area contributed by atoms with Crippen LogP contribution in [0.15, 0.2) is 12.3 Å². The summed E-state index contributed by atoms with van der Waals surface area (Å²) in [6, 6.07) is 1.58. The largest absolute Gasteiger partial charge is 0.292 e. The molecule has 0 bridgehead atoms. The zero-order chi connectivity index (χ0) is 11.5. The Morgan fingerprint density at radius 2 is 1.94 bits per heavy atom. The molecule has 1 aliphatic rings. The van der Waals surface area contributed by atoms with Crippen molar-refractivity contribution in [3.63, 3.8) is 0 Å². The SMILES string of the molecule is O=C(c1ncc(Cl)cc1Cl)C1CCCCC1. The van der Waals surface area contributed by atoms with Crippen molar-refractivity contribution in [3.8, 4) is 0 Å². The molecule has 1 fully saturated rings. The van der Waals surface area contributed by atoms with Crippen molar-refractivity contribution >= 4 is 29.0 Å². The van der Waals surface area contributed by atoms with Gasteiger partial charge in [0.1, 0.15) is 5.69 Å². The van der Waals surface area contributed by atoms with Crippen molar-refractivity contribution in [1.29, 1.82) is 0 Å². The lowest BCUT2D eigenvalue weighted by Gasteiger charge is -2.20. The lowest BCUT2D eigenvalue weighted by Crippen LogP contribution is -2.19. The molecule has 1 heterocycles. The highest BCUT2D eigenvalue weighted by atomic mass is 35.5. The molecule has 0 amide bonds. The summed E-state index contributed by atoms with van der Waals surface area (Å²) in [6.07, 6.45) is 6.87. The van der Waals surface area contributed by atoms with E-state index in [9.17, 15) is 4.79 Å². The Morgan fingerprint density at radius 3 is 2.56 bits per heavy atom. The number of carbonyl (C=O) groups excluding carboxylic acids is 1. The molecule has 2 nitrogen and oxygen atoms in total. The van der Waals surface area contributed by atoms with Crippen molar-refractivity contribution in [2.24, 2.45) is 5.92 Å². The first-order valence-electron chi connectivity index (χ1n) is 5.54. The van der Waals surface area contributed by atoms with Crippen LogP contribution in [-0.4, -0.2) is 10.8 Å². The second-order valence-electron chi connectivity index (χ2n) is 4.18. The molecule has 0 N–H and O–H groups in total. The fourth-order valence-electron chi connectivity index (χ4n) is 2.15. The van der Waals surface area contributed by atoms with E-state index in [0.29, 0.717) is 15.7 Å². The Hall–Kier alpha value is -0.600. The maximum Gasteiger partial charge on any atom is 0.185 e. The Bertz CT molecular complexity index is 400. The summed E-state index contributed by atoms with van der Waals surface area (Å²) in [7, 11) is 0. The minimum absolute atomic E-state index is 0.0707. The van der Waals surface area contributed by atoms with Crippen molar-refractivity contribution in [1.82, 2.24) is 4.98 Å². The summed E-state index contributed by atoms with van der Waals surface area (Å²) in [6.45, 7) is 0. The highest BCUT2D eigenvalue weighted by Gasteiger charge is 2.24. The number of pyridine rings is 1. The zero-order valence-corrected chi connectivity index (χ0v) is 10.4. The van der Waals surface area contributed by atoms with Crippen molar-refractivity contribution in [3.05, 3.63) is 28.0 Å². The number of hydrogen-bond donors (Lipinski definition) is 0. The normalized spacial score (nSPS) is 17.4. The van der Waals surface area contributed by atoms with Crippen molar-refractivity contribution in [2.75, 3.05) is 0 Å². The van der Waals surface area contributed by atoms with E-state index in [1.807, 2.05) is 0 Å². The molecule has 1 aliphatic carbocycles. The van der Waals surface area contributed by atoms with Gasteiger partial charge < -0.3 is 0 Å². The average Bonchev–Trinajstić information content (AvgIpc) is 2.29. The average molecular weight is 258 g/mol. The van der Waals surface area contributed by atoms with E-state index in [4.69, 9.17) is 23.2 Å². The lowest BCUT2D eigenvalue weighted by molar-refractivity contribution is 0.0884. The Balaban J connectivity index is 2.19. The molecule has 2 rings (SSSR count). The van der Waals surface area contributed by atoms with E-state index in [2.05, 4.69) is 4.98 Å². The number of rotatable bonds is 2. The standard InChI is InChI=1S/C12H13Cl2NO/c13-9-6-10(14)11(15-7-9)12(16)8-4-2-1-3-5-8/h6-8H,1-5H2. The third-order valence-electron chi connectivity index (χ3n) is 3.02. The van der Waals surface area contributed by atoms with Gasteiger partial charge in [0.2, 0.25) is 0 Å². The first-order chi connectivity index (χ1) is 7.68. The summed E-state index contributed by atoms with van der Waals surface area (Å²) in [4.78, 5) is 16.2. The van der Waals surface area contributed by atoms with E-state index < -0.39 is 0 Å². The molecule has 0 atom stereocenters. The molecule has 1 aromatic heterocycles. The highest BCUT2D eigenvalue weighted by molar-refractivity contribution is 6.36. The van der Waals surface area contributed by atoms with E-state index in [0.717, 1.165) is 25.7 Å². The van der Waals surface area contributed by atoms with Gasteiger partial charge in [-0.15, -0.1) is 0 Å². The Morgan fingerprint density at radius 1 is 1.25 bits per heavy atom. The minimum atomic E-state index is 0.0707. The minimum Gasteiger partial charge on any atom is -0.292 e. The topological polar surface area (TPSA) is 30.0 Å². The number of Topliss-reactive ketones (excluding diaryl/α,β-unsaturated/α-hetero) is 1. The van der Waals surface area contributed by atoms with Crippen LogP contribution in [0, 0.1) is 5.92 Å². The predicted molar refractivity (Wildman–Crippen MR) is 65.2 cm³/mol. The van der Waals surface area contributed by atoms with Crippen LogP contribution in [0.5, 0.6) is 0 Å². The number of aromatic nitrogens is 1. The molecular formula is C12H13Cl2NO. The number of carbonyl (C=O) groups is 1. The maximum absolute atomic E-state index is 12.1. The molecule has 4 heteroatoms. The summed E-state index contributed by atoms with van der Waals surface area (Å²) >= 11 is 11.7. The molecule has 1 saturated carbocycles. The summed E-state index contributed by atoms with van der Waals surface area (Å²) in [5.74, 6) is 0.168. The monoisotopic (exact) mass is 257 g/mol. The van der Waals surface area contributed by atoms with Crippen LogP contribution in [0.3, 0.4) is 0 Å².